The van der Waals surface area contributed by atoms with Crippen LogP contribution in [0, 0.1) is 0 Å². The number of carbonyl (C=O) groups excluding carboxylic acids is 1. The van der Waals surface area contributed by atoms with Crippen molar-refractivity contribution in [3.05, 3.63) is 24.3 Å². The Kier molecular flexibility index (Phi) is 12.8. The van der Waals surface area contributed by atoms with E-state index in [4.69, 9.17) is 5.73 Å². The number of anilines is 1. The Morgan fingerprint density at radius 1 is 0.806 bits per heavy atom. The molecule has 0 saturated carbocycles. The van der Waals surface area contributed by atoms with E-state index >= 15 is 0 Å². The lowest BCUT2D eigenvalue weighted by molar-refractivity contribution is 0.253. The van der Waals surface area contributed by atoms with Gasteiger partial charge in [0.1, 0.15) is 0 Å². The number of hydrogen-bond acceptors (Lipinski definition) is 2. The van der Waals surface area contributed by atoms with Crippen molar-refractivity contribution in [2.75, 3.05) is 11.4 Å². The van der Waals surface area contributed by atoms with Gasteiger partial charge in [0, 0.05) is 6.54 Å². The summed E-state index contributed by atoms with van der Waals surface area (Å²) >= 11 is 0. The number of fused-ring (bicyclic) bond motifs is 1. The molecule has 0 spiro atoms. The summed E-state index contributed by atoms with van der Waals surface area (Å²) in [4.78, 5) is 21.1. The number of nitrogens with zero attached hydrogens (tertiary/aromatic N) is 2. The summed E-state index contributed by atoms with van der Waals surface area (Å²) in [5, 5.41) is 0. The minimum atomic E-state index is -0.444. The Morgan fingerprint density at radius 3 is 1.77 bits per heavy atom. The molecule has 0 unspecified atom stereocenters. The number of rotatable bonds is 18. The minimum absolute atomic E-state index is 0.444. The van der Waals surface area contributed by atoms with E-state index in [1.165, 1.54) is 89.9 Å². The van der Waals surface area contributed by atoms with E-state index in [0.29, 0.717) is 12.5 Å². The van der Waals surface area contributed by atoms with Gasteiger partial charge >= 0.3 is 6.03 Å². The third-order valence-electron chi connectivity index (χ3n) is 6.13. The average Bonchev–Trinajstić information content (AvgIpc) is 3.19. The molecule has 2 amide bonds. The Bertz CT molecular complexity index is 694. The Balaban J connectivity index is 1.45. The molecule has 0 aliphatic heterocycles. The molecule has 0 aliphatic rings. The maximum Gasteiger partial charge on any atom is 0.321 e. The van der Waals surface area contributed by atoms with Gasteiger partial charge < -0.3 is 10.7 Å². The van der Waals surface area contributed by atoms with Crippen LogP contribution in [0.3, 0.4) is 0 Å². The van der Waals surface area contributed by atoms with E-state index in [9.17, 15) is 4.79 Å². The number of primary amides is 1. The van der Waals surface area contributed by atoms with E-state index in [2.05, 4.69) is 16.9 Å². The molecule has 31 heavy (non-hydrogen) atoms. The third-order valence-corrected chi connectivity index (χ3v) is 6.13. The number of hydrogen-bond donors (Lipinski definition) is 2. The summed E-state index contributed by atoms with van der Waals surface area (Å²) in [7, 11) is 0. The van der Waals surface area contributed by atoms with Crippen molar-refractivity contribution >= 4 is 23.0 Å². The lowest BCUT2D eigenvalue weighted by Crippen LogP contribution is -2.37. The third kappa shape index (κ3) is 10.2. The fraction of sp³-hybridized carbons (Fsp3) is 0.692. The van der Waals surface area contributed by atoms with Crippen molar-refractivity contribution in [1.82, 2.24) is 9.97 Å². The number of amides is 2. The molecule has 0 bridgehead atoms. The van der Waals surface area contributed by atoms with E-state index in [1.807, 2.05) is 24.3 Å². The van der Waals surface area contributed by atoms with Gasteiger partial charge in [-0.3, -0.25) is 4.90 Å². The summed E-state index contributed by atoms with van der Waals surface area (Å²) < 4.78 is 0. The standard InChI is InChI=1S/C26H44N4O/c1-2-3-4-5-6-7-8-9-10-11-12-13-14-15-16-19-22-30(25(27)31)26-28-23-20-17-18-21-24(23)29-26/h17-18,20-21H,2-16,19,22H2,1H3,(H2,27,31)(H,28,29). The molecule has 0 saturated heterocycles. The SMILES string of the molecule is CCCCCCCCCCCCCCCCCCN(C(N)=O)c1nc2ccccc2[nH]1. The van der Waals surface area contributed by atoms with Crippen molar-refractivity contribution < 1.29 is 4.79 Å². The molecule has 2 aromatic rings. The molecule has 5 heteroatoms. The van der Waals surface area contributed by atoms with Crippen molar-refractivity contribution in [3.8, 4) is 0 Å². The molecule has 0 aliphatic carbocycles. The molecule has 0 radical (unpaired) electrons. The maximum atomic E-state index is 11.9. The highest BCUT2D eigenvalue weighted by molar-refractivity contribution is 5.90. The molecule has 0 atom stereocenters. The fourth-order valence-corrected chi connectivity index (χ4v) is 4.21. The first kappa shape index (κ1) is 25.2. The number of carbonyl (C=O) groups is 1. The predicted octanol–water partition coefficient (Wildman–Crippen LogP) is 7.71. The number of H-pyrrole nitrogens is 1. The lowest BCUT2D eigenvalue weighted by Gasteiger charge is -2.17. The highest BCUT2D eigenvalue weighted by Crippen LogP contribution is 2.18. The number of aromatic nitrogens is 2. The quantitative estimate of drug-likeness (QED) is 0.239. The highest BCUT2D eigenvalue weighted by atomic mass is 16.2. The smallest absolute Gasteiger partial charge is 0.321 e. The van der Waals surface area contributed by atoms with Crippen molar-refractivity contribution in [3.63, 3.8) is 0 Å². The molecule has 3 N–H and O–H groups in total. The number of unbranched alkanes of at least 4 members (excludes halogenated alkanes) is 15. The van der Waals surface area contributed by atoms with Gasteiger partial charge in [0.25, 0.3) is 0 Å². The van der Waals surface area contributed by atoms with Crippen LogP contribution < -0.4 is 10.6 Å². The zero-order valence-electron chi connectivity index (χ0n) is 19.7. The second kappa shape index (κ2) is 15.7. The highest BCUT2D eigenvalue weighted by Gasteiger charge is 2.15. The van der Waals surface area contributed by atoms with Crippen LogP contribution in [0.25, 0.3) is 11.0 Å². The van der Waals surface area contributed by atoms with Crippen LogP contribution in [0.5, 0.6) is 0 Å². The molecule has 0 fully saturated rings. The summed E-state index contributed by atoms with van der Waals surface area (Å²) in [6, 6.07) is 7.34. The van der Waals surface area contributed by atoms with E-state index in [0.717, 1.165) is 23.9 Å². The summed E-state index contributed by atoms with van der Waals surface area (Å²) in [5.41, 5.74) is 7.37. The van der Waals surface area contributed by atoms with Crippen LogP contribution in [0.1, 0.15) is 110 Å². The Hall–Kier alpha value is -2.04. The number of imidazole rings is 1. The van der Waals surface area contributed by atoms with Crippen LogP contribution in [-0.2, 0) is 0 Å². The van der Waals surface area contributed by atoms with Crippen LogP contribution in [-0.4, -0.2) is 22.5 Å². The van der Waals surface area contributed by atoms with Crippen LogP contribution in [0.2, 0.25) is 0 Å². The summed E-state index contributed by atoms with van der Waals surface area (Å²) in [6.07, 6.45) is 21.4. The average molecular weight is 429 g/mol. The van der Waals surface area contributed by atoms with Crippen molar-refractivity contribution in [2.45, 2.75) is 110 Å². The number of para-hydroxylation sites is 2. The lowest BCUT2D eigenvalue weighted by atomic mass is 10.0. The number of urea groups is 1. The Labute approximate surface area is 189 Å². The van der Waals surface area contributed by atoms with Gasteiger partial charge in [0.05, 0.1) is 11.0 Å². The first-order valence-corrected chi connectivity index (χ1v) is 12.7. The molecular formula is C26H44N4O. The molecule has 1 heterocycles. The second-order valence-corrected chi connectivity index (χ2v) is 8.87. The molecular weight excluding hydrogens is 384 g/mol. The molecule has 1 aromatic heterocycles. The van der Waals surface area contributed by atoms with Crippen molar-refractivity contribution in [2.24, 2.45) is 5.73 Å². The zero-order valence-corrected chi connectivity index (χ0v) is 19.7. The fourth-order valence-electron chi connectivity index (χ4n) is 4.21. The van der Waals surface area contributed by atoms with E-state index < -0.39 is 6.03 Å². The first-order valence-electron chi connectivity index (χ1n) is 12.7. The predicted molar refractivity (Wildman–Crippen MR) is 133 cm³/mol. The summed E-state index contributed by atoms with van der Waals surface area (Å²) in [5.74, 6) is 0.551. The molecule has 1 aromatic carbocycles. The first-order chi connectivity index (χ1) is 15.2. The summed E-state index contributed by atoms with van der Waals surface area (Å²) in [6.45, 7) is 2.90. The number of nitrogens with one attached hydrogen (secondary N) is 1. The maximum absolute atomic E-state index is 11.9. The van der Waals surface area contributed by atoms with Gasteiger partial charge in [0.15, 0.2) is 0 Å². The van der Waals surface area contributed by atoms with Gasteiger partial charge in [0.2, 0.25) is 5.95 Å². The topological polar surface area (TPSA) is 75.0 Å². The largest absolute Gasteiger partial charge is 0.351 e. The van der Waals surface area contributed by atoms with Crippen molar-refractivity contribution in [1.29, 1.82) is 0 Å². The zero-order chi connectivity index (χ0) is 22.2. The van der Waals surface area contributed by atoms with Gasteiger partial charge in [-0.1, -0.05) is 115 Å². The Morgan fingerprint density at radius 2 is 1.29 bits per heavy atom. The molecule has 5 nitrogen and oxygen atoms in total. The van der Waals surface area contributed by atoms with Gasteiger partial charge in [-0.2, -0.15) is 0 Å². The van der Waals surface area contributed by atoms with Crippen LogP contribution >= 0.6 is 0 Å². The van der Waals surface area contributed by atoms with Gasteiger partial charge in [-0.25, -0.2) is 9.78 Å². The number of benzene rings is 1. The van der Waals surface area contributed by atoms with Crippen LogP contribution in [0.4, 0.5) is 10.7 Å². The molecule has 2 rings (SSSR count). The van der Waals surface area contributed by atoms with Gasteiger partial charge in [-0.15, -0.1) is 0 Å². The number of aromatic amines is 1. The minimum Gasteiger partial charge on any atom is -0.351 e. The monoisotopic (exact) mass is 428 g/mol. The van der Waals surface area contributed by atoms with E-state index in [1.54, 1.807) is 4.90 Å². The number of nitrogens with two attached hydrogens (primary N) is 1. The van der Waals surface area contributed by atoms with E-state index in [-0.39, 0.29) is 0 Å². The van der Waals surface area contributed by atoms with Gasteiger partial charge in [-0.05, 0) is 18.6 Å². The normalized spacial score (nSPS) is 11.3. The molecule has 174 valence electrons. The van der Waals surface area contributed by atoms with Crippen LogP contribution in [0.15, 0.2) is 24.3 Å². The second-order valence-electron chi connectivity index (χ2n) is 8.87.